The maximum Gasteiger partial charge on any atom is 0.178 e. The molecule has 0 aliphatic heterocycles. The van der Waals surface area contributed by atoms with E-state index in [1.165, 1.54) is 0 Å². The quantitative estimate of drug-likeness (QED) is 0.837. The second kappa shape index (κ2) is 7.20. The molecule has 0 spiro atoms. The Kier molecular flexibility index (Phi) is 6.17. The van der Waals surface area contributed by atoms with Crippen LogP contribution in [0.3, 0.4) is 0 Å². The normalized spacial score (nSPS) is 15.3. The summed E-state index contributed by atoms with van der Waals surface area (Å²) in [7, 11) is 0.664. The Bertz CT molecular complexity index is 526. The van der Waals surface area contributed by atoms with E-state index >= 15 is 0 Å². The van der Waals surface area contributed by atoms with Crippen molar-refractivity contribution < 1.29 is 13.5 Å². The average Bonchev–Trinajstić information content (AvgIpc) is 2.38. The van der Waals surface area contributed by atoms with Crippen LogP contribution in [-0.2, 0) is 9.84 Å². The number of hydrogen-bond donors (Lipinski definition) is 1. The highest BCUT2D eigenvalue weighted by Crippen LogP contribution is 2.28. The zero-order chi connectivity index (χ0) is 15.3. The van der Waals surface area contributed by atoms with Crippen LogP contribution in [0.4, 0.5) is 0 Å². The Labute approximate surface area is 122 Å². The molecule has 0 bridgehead atoms. The number of aliphatic hydroxyl groups is 1. The summed E-state index contributed by atoms with van der Waals surface area (Å²) in [5.74, 6) is 0.202. The molecule has 0 heterocycles. The van der Waals surface area contributed by atoms with E-state index in [1.807, 2.05) is 38.9 Å². The molecule has 1 N–H and O–H groups in total. The van der Waals surface area contributed by atoms with Crippen LogP contribution in [0.15, 0.2) is 29.2 Å². The molecule has 5 heteroatoms. The van der Waals surface area contributed by atoms with Crippen molar-refractivity contribution in [3.05, 3.63) is 29.8 Å². The van der Waals surface area contributed by atoms with E-state index in [-0.39, 0.29) is 24.3 Å². The van der Waals surface area contributed by atoms with E-state index in [0.29, 0.717) is 11.3 Å². The van der Waals surface area contributed by atoms with E-state index < -0.39 is 9.84 Å². The minimum atomic E-state index is -3.21. The SMILES string of the molecule is CCCS(=O)(=O)c1cccc(C(C(C)CO)N(C)C)c1. The lowest BCUT2D eigenvalue weighted by Gasteiger charge is -2.29. The van der Waals surface area contributed by atoms with Gasteiger partial charge in [-0.1, -0.05) is 26.0 Å². The summed E-state index contributed by atoms with van der Waals surface area (Å²) in [4.78, 5) is 2.38. The summed E-state index contributed by atoms with van der Waals surface area (Å²) in [5.41, 5.74) is 0.925. The second-order valence-electron chi connectivity index (χ2n) is 5.46. The van der Waals surface area contributed by atoms with Gasteiger partial charge < -0.3 is 10.0 Å². The van der Waals surface area contributed by atoms with Crippen LogP contribution < -0.4 is 0 Å². The van der Waals surface area contributed by atoms with Gasteiger partial charge in [0.05, 0.1) is 10.6 Å². The van der Waals surface area contributed by atoms with E-state index in [0.717, 1.165) is 5.56 Å². The number of rotatable bonds is 7. The van der Waals surface area contributed by atoms with Crippen molar-refractivity contribution >= 4 is 9.84 Å². The standard InChI is InChI=1S/C15H25NO3S/c1-5-9-20(18,19)14-8-6-7-13(10-14)15(16(3)4)12(2)11-17/h6-8,10,12,15,17H,5,9,11H2,1-4H3. The molecule has 1 aromatic rings. The van der Waals surface area contributed by atoms with Crippen LogP contribution in [0.2, 0.25) is 0 Å². The van der Waals surface area contributed by atoms with E-state index in [9.17, 15) is 13.5 Å². The Hall–Kier alpha value is -0.910. The summed E-state index contributed by atoms with van der Waals surface area (Å²) in [6.07, 6.45) is 0.608. The first-order chi connectivity index (χ1) is 9.33. The lowest BCUT2D eigenvalue weighted by Crippen LogP contribution is -2.28. The van der Waals surface area contributed by atoms with E-state index in [2.05, 4.69) is 0 Å². The van der Waals surface area contributed by atoms with Gasteiger partial charge in [0.2, 0.25) is 0 Å². The van der Waals surface area contributed by atoms with Gasteiger partial charge in [0, 0.05) is 12.6 Å². The molecule has 2 unspecified atom stereocenters. The summed E-state index contributed by atoms with van der Waals surface area (Å²) in [6, 6.07) is 7.07. The van der Waals surface area contributed by atoms with Gasteiger partial charge in [-0.2, -0.15) is 0 Å². The Morgan fingerprint density at radius 2 is 1.95 bits per heavy atom. The van der Waals surface area contributed by atoms with Crippen LogP contribution >= 0.6 is 0 Å². The Balaban J connectivity index is 3.20. The van der Waals surface area contributed by atoms with Crippen molar-refractivity contribution in [3.63, 3.8) is 0 Å². The molecule has 0 saturated carbocycles. The minimum absolute atomic E-state index is 0.00298. The van der Waals surface area contributed by atoms with Gasteiger partial charge in [0.15, 0.2) is 9.84 Å². The van der Waals surface area contributed by atoms with Crippen molar-refractivity contribution in [2.45, 2.75) is 31.2 Å². The number of nitrogens with zero attached hydrogens (tertiary/aromatic N) is 1. The summed E-state index contributed by atoms with van der Waals surface area (Å²) in [6.45, 7) is 3.88. The monoisotopic (exact) mass is 299 g/mol. The molecule has 2 atom stereocenters. The third kappa shape index (κ3) is 4.04. The molecule has 0 amide bonds. The highest BCUT2D eigenvalue weighted by atomic mass is 32.2. The predicted octanol–water partition coefficient (Wildman–Crippen LogP) is 2.10. The van der Waals surface area contributed by atoms with Crippen molar-refractivity contribution in [2.24, 2.45) is 5.92 Å². The second-order valence-corrected chi connectivity index (χ2v) is 7.57. The van der Waals surface area contributed by atoms with Crippen molar-refractivity contribution in [3.8, 4) is 0 Å². The van der Waals surface area contributed by atoms with Gasteiger partial charge in [0.1, 0.15) is 0 Å². The van der Waals surface area contributed by atoms with Crippen LogP contribution in [0.1, 0.15) is 31.9 Å². The third-order valence-corrected chi connectivity index (χ3v) is 5.33. The van der Waals surface area contributed by atoms with Gasteiger partial charge >= 0.3 is 0 Å². The molecule has 0 aliphatic rings. The fourth-order valence-electron chi connectivity index (χ4n) is 2.51. The lowest BCUT2D eigenvalue weighted by atomic mass is 9.94. The fourth-order valence-corrected chi connectivity index (χ4v) is 3.89. The Morgan fingerprint density at radius 3 is 2.45 bits per heavy atom. The van der Waals surface area contributed by atoms with Crippen LogP contribution in [0, 0.1) is 5.92 Å². The van der Waals surface area contributed by atoms with E-state index in [1.54, 1.807) is 18.2 Å². The topological polar surface area (TPSA) is 57.6 Å². The van der Waals surface area contributed by atoms with Gasteiger partial charge in [0.25, 0.3) is 0 Å². The molecule has 0 radical (unpaired) electrons. The number of hydrogen-bond acceptors (Lipinski definition) is 4. The minimum Gasteiger partial charge on any atom is -0.396 e. The maximum absolute atomic E-state index is 12.2. The lowest BCUT2D eigenvalue weighted by molar-refractivity contribution is 0.145. The zero-order valence-corrected chi connectivity index (χ0v) is 13.5. The molecule has 20 heavy (non-hydrogen) atoms. The first-order valence-corrected chi connectivity index (χ1v) is 8.58. The van der Waals surface area contributed by atoms with Gasteiger partial charge in [-0.3, -0.25) is 0 Å². The van der Waals surface area contributed by atoms with Crippen molar-refractivity contribution in [2.75, 3.05) is 26.5 Å². The fraction of sp³-hybridized carbons (Fsp3) is 0.600. The molecule has 4 nitrogen and oxygen atoms in total. The first kappa shape index (κ1) is 17.1. The molecule has 1 rings (SSSR count). The largest absolute Gasteiger partial charge is 0.396 e. The third-order valence-electron chi connectivity index (χ3n) is 3.41. The van der Waals surface area contributed by atoms with Crippen molar-refractivity contribution in [1.29, 1.82) is 0 Å². The highest BCUT2D eigenvalue weighted by molar-refractivity contribution is 7.91. The molecule has 114 valence electrons. The molecule has 0 saturated heterocycles. The van der Waals surface area contributed by atoms with Gasteiger partial charge in [-0.05, 0) is 44.1 Å². The predicted molar refractivity (Wildman–Crippen MR) is 81.5 cm³/mol. The zero-order valence-electron chi connectivity index (χ0n) is 12.7. The van der Waals surface area contributed by atoms with Gasteiger partial charge in [-0.15, -0.1) is 0 Å². The maximum atomic E-state index is 12.2. The Morgan fingerprint density at radius 1 is 1.30 bits per heavy atom. The number of aliphatic hydroxyl groups excluding tert-OH is 1. The average molecular weight is 299 g/mol. The molecule has 0 aromatic heterocycles. The van der Waals surface area contributed by atoms with E-state index in [4.69, 9.17) is 0 Å². The highest BCUT2D eigenvalue weighted by Gasteiger charge is 2.23. The van der Waals surface area contributed by atoms with Crippen molar-refractivity contribution in [1.82, 2.24) is 4.90 Å². The molecule has 0 fully saturated rings. The summed E-state index contributed by atoms with van der Waals surface area (Å²) < 4.78 is 24.3. The molecular weight excluding hydrogens is 274 g/mol. The van der Waals surface area contributed by atoms with Gasteiger partial charge in [-0.25, -0.2) is 8.42 Å². The van der Waals surface area contributed by atoms with Crippen LogP contribution in [-0.4, -0.2) is 44.9 Å². The molecule has 1 aromatic carbocycles. The smallest absolute Gasteiger partial charge is 0.178 e. The van der Waals surface area contributed by atoms with Crippen LogP contribution in [0.5, 0.6) is 0 Å². The van der Waals surface area contributed by atoms with Crippen LogP contribution in [0.25, 0.3) is 0 Å². The summed E-state index contributed by atoms with van der Waals surface area (Å²) >= 11 is 0. The molecular formula is C15H25NO3S. The molecule has 0 aliphatic carbocycles. The number of benzene rings is 1. The number of sulfone groups is 1. The summed E-state index contributed by atoms with van der Waals surface area (Å²) in [5, 5.41) is 9.38. The first-order valence-electron chi connectivity index (χ1n) is 6.93.